The van der Waals surface area contributed by atoms with Crippen LogP contribution in [0.3, 0.4) is 0 Å². The molecule has 0 unspecified atom stereocenters. The minimum atomic E-state index is -0.0947. The molecular formula is C11H13BrN4OS. The molecule has 0 aliphatic carbocycles. The van der Waals surface area contributed by atoms with Gasteiger partial charge in [0.15, 0.2) is 4.77 Å². The highest BCUT2D eigenvalue weighted by molar-refractivity contribution is 9.10. The molecule has 96 valence electrons. The minimum Gasteiger partial charge on any atom is -0.356 e. The molecule has 0 radical (unpaired) electrons. The molecule has 0 saturated carbocycles. The van der Waals surface area contributed by atoms with Crippen molar-refractivity contribution in [1.29, 1.82) is 0 Å². The lowest BCUT2D eigenvalue weighted by molar-refractivity contribution is 0.0949. The second-order valence-corrected chi connectivity index (χ2v) is 5.18. The number of aromatic nitrogens is 3. The van der Waals surface area contributed by atoms with E-state index >= 15 is 0 Å². The number of amides is 1. The molecule has 0 aromatic carbocycles. The van der Waals surface area contributed by atoms with Crippen molar-refractivity contribution in [2.45, 2.75) is 12.8 Å². The SMILES string of the molecule is O=C(NCCCc1c[nH]c(=S)[nH]1)c1cc(Br)c[nH]1. The van der Waals surface area contributed by atoms with E-state index in [-0.39, 0.29) is 5.91 Å². The summed E-state index contributed by atoms with van der Waals surface area (Å²) in [7, 11) is 0. The summed E-state index contributed by atoms with van der Waals surface area (Å²) >= 11 is 8.22. The Bertz CT molecular complexity index is 586. The van der Waals surface area contributed by atoms with E-state index in [0.717, 1.165) is 23.0 Å². The number of halogens is 1. The Kier molecular flexibility index (Phi) is 4.38. The maximum atomic E-state index is 11.7. The van der Waals surface area contributed by atoms with Gasteiger partial charge < -0.3 is 20.3 Å². The Morgan fingerprint density at radius 1 is 1.39 bits per heavy atom. The van der Waals surface area contributed by atoms with Gasteiger partial charge in [-0.15, -0.1) is 0 Å². The molecule has 2 aromatic rings. The van der Waals surface area contributed by atoms with E-state index in [1.165, 1.54) is 0 Å². The Morgan fingerprint density at radius 2 is 2.22 bits per heavy atom. The average Bonchev–Trinajstić information content (AvgIpc) is 2.93. The lowest BCUT2D eigenvalue weighted by Crippen LogP contribution is -2.25. The van der Waals surface area contributed by atoms with Crippen molar-refractivity contribution in [1.82, 2.24) is 20.3 Å². The topological polar surface area (TPSA) is 76.5 Å². The standard InChI is InChI=1S/C11H13BrN4OS/c12-7-4-9(14-5-7)10(17)13-3-1-2-8-6-15-11(18)16-8/h4-6,14H,1-3H2,(H,13,17)(H2,15,16,18). The summed E-state index contributed by atoms with van der Waals surface area (Å²) in [5.74, 6) is -0.0947. The molecule has 0 aliphatic rings. The smallest absolute Gasteiger partial charge is 0.267 e. The highest BCUT2D eigenvalue weighted by Crippen LogP contribution is 2.10. The average molecular weight is 329 g/mol. The van der Waals surface area contributed by atoms with E-state index in [1.807, 2.05) is 6.20 Å². The molecule has 5 nitrogen and oxygen atoms in total. The molecule has 1 amide bonds. The summed E-state index contributed by atoms with van der Waals surface area (Å²) in [5.41, 5.74) is 1.61. The van der Waals surface area contributed by atoms with Crippen molar-refractivity contribution in [2.75, 3.05) is 6.54 Å². The van der Waals surface area contributed by atoms with Crippen LogP contribution in [0.2, 0.25) is 0 Å². The summed E-state index contributed by atoms with van der Waals surface area (Å²) in [6.45, 7) is 0.626. The van der Waals surface area contributed by atoms with Gasteiger partial charge in [0.25, 0.3) is 5.91 Å². The van der Waals surface area contributed by atoms with Crippen LogP contribution in [0.4, 0.5) is 0 Å². The number of carbonyl (C=O) groups is 1. The van der Waals surface area contributed by atoms with Gasteiger partial charge in [0.2, 0.25) is 0 Å². The Morgan fingerprint density at radius 3 is 2.83 bits per heavy atom. The molecule has 2 heterocycles. The van der Waals surface area contributed by atoms with E-state index in [0.29, 0.717) is 17.0 Å². The molecular weight excluding hydrogens is 316 g/mol. The molecule has 0 atom stereocenters. The normalized spacial score (nSPS) is 10.5. The van der Waals surface area contributed by atoms with Crippen LogP contribution in [0.5, 0.6) is 0 Å². The monoisotopic (exact) mass is 328 g/mol. The number of carbonyl (C=O) groups excluding carboxylic acids is 1. The van der Waals surface area contributed by atoms with E-state index in [2.05, 4.69) is 36.2 Å². The zero-order chi connectivity index (χ0) is 13.0. The van der Waals surface area contributed by atoms with Crippen LogP contribution in [-0.4, -0.2) is 27.4 Å². The lowest BCUT2D eigenvalue weighted by atomic mass is 10.2. The first-order valence-electron chi connectivity index (χ1n) is 5.54. The third-order valence-electron chi connectivity index (χ3n) is 2.45. The first-order valence-corrected chi connectivity index (χ1v) is 6.74. The third kappa shape index (κ3) is 3.58. The van der Waals surface area contributed by atoms with Crippen LogP contribution in [0.25, 0.3) is 0 Å². The van der Waals surface area contributed by atoms with E-state index in [1.54, 1.807) is 12.3 Å². The first-order chi connectivity index (χ1) is 8.65. The van der Waals surface area contributed by atoms with Crippen LogP contribution in [0.1, 0.15) is 22.6 Å². The highest BCUT2D eigenvalue weighted by Gasteiger charge is 2.06. The van der Waals surface area contributed by atoms with Crippen molar-refractivity contribution in [3.63, 3.8) is 0 Å². The molecule has 0 bridgehead atoms. The molecule has 4 N–H and O–H groups in total. The summed E-state index contributed by atoms with van der Waals surface area (Å²) in [6.07, 6.45) is 5.29. The van der Waals surface area contributed by atoms with E-state index < -0.39 is 0 Å². The number of nitrogens with one attached hydrogen (secondary N) is 4. The summed E-state index contributed by atoms with van der Waals surface area (Å²) < 4.78 is 1.50. The number of hydrogen-bond donors (Lipinski definition) is 4. The third-order valence-corrected chi connectivity index (χ3v) is 3.13. The van der Waals surface area contributed by atoms with Gasteiger partial charge in [0.05, 0.1) is 0 Å². The van der Waals surface area contributed by atoms with Crippen molar-refractivity contribution >= 4 is 34.1 Å². The second-order valence-electron chi connectivity index (χ2n) is 3.86. The maximum Gasteiger partial charge on any atom is 0.267 e. The first kappa shape index (κ1) is 13.1. The fraction of sp³-hybridized carbons (Fsp3) is 0.273. The van der Waals surface area contributed by atoms with Gasteiger partial charge in [0.1, 0.15) is 5.69 Å². The quantitative estimate of drug-likeness (QED) is 0.503. The Labute approximate surface area is 118 Å². The van der Waals surface area contributed by atoms with Gasteiger partial charge in [0, 0.05) is 29.1 Å². The van der Waals surface area contributed by atoms with Gasteiger partial charge in [-0.1, -0.05) is 0 Å². The Balaban J connectivity index is 1.72. The second kappa shape index (κ2) is 6.01. The van der Waals surface area contributed by atoms with Crippen molar-refractivity contribution in [2.24, 2.45) is 0 Å². The van der Waals surface area contributed by atoms with Gasteiger partial charge in [-0.05, 0) is 47.1 Å². The van der Waals surface area contributed by atoms with Gasteiger partial charge in [-0.3, -0.25) is 4.79 Å². The molecule has 0 aliphatic heterocycles. The number of aromatic amines is 3. The van der Waals surface area contributed by atoms with Crippen molar-refractivity contribution in [3.8, 4) is 0 Å². The Hall–Kier alpha value is -1.34. The maximum absolute atomic E-state index is 11.7. The number of hydrogen-bond acceptors (Lipinski definition) is 2. The molecule has 7 heteroatoms. The molecule has 0 fully saturated rings. The zero-order valence-electron chi connectivity index (χ0n) is 9.55. The zero-order valence-corrected chi connectivity index (χ0v) is 12.0. The van der Waals surface area contributed by atoms with Crippen molar-refractivity contribution in [3.05, 3.63) is 39.1 Å². The summed E-state index contributed by atoms with van der Waals surface area (Å²) in [5, 5.41) is 2.85. The van der Waals surface area contributed by atoms with Crippen molar-refractivity contribution < 1.29 is 4.79 Å². The number of imidazole rings is 1. The van der Waals surface area contributed by atoms with Crippen LogP contribution in [0.15, 0.2) is 22.9 Å². The van der Waals surface area contributed by atoms with Crippen LogP contribution in [-0.2, 0) is 6.42 Å². The molecule has 2 rings (SSSR count). The van der Waals surface area contributed by atoms with Crippen LogP contribution >= 0.6 is 28.1 Å². The summed E-state index contributed by atoms with van der Waals surface area (Å²) in [6, 6.07) is 1.75. The number of aryl methyl sites for hydroxylation is 1. The van der Waals surface area contributed by atoms with Gasteiger partial charge >= 0.3 is 0 Å². The minimum absolute atomic E-state index is 0.0947. The van der Waals surface area contributed by atoms with Gasteiger partial charge in [-0.25, -0.2) is 0 Å². The number of H-pyrrole nitrogens is 3. The number of rotatable bonds is 5. The van der Waals surface area contributed by atoms with Gasteiger partial charge in [-0.2, -0.15) is 0 Å². The lowest BCUT2D eigenvalue weighted by Gasteiger charge is -2.02. The molecule has 0 saturated heterocycles. The van der Waals surface area contributed by atoms with Crippen LogP contribution in [0, 0.1) is 4.77 Å². The molecule has 2 aromatic heterocycles. The molecule has 0 spiro atoms. The largest absolute Gasteiger partial charge is 0.356 e. The fourth-order valence-electron chi connectivity index (χ4n) is 1.58. The predicted octanol–water partition coefficient (Wildman–Crippen LogP) is 2.53. The van der Waals surface area contributed by atoms with E-state index in [4.69, 9.17) is 12.2 Å². The fourth-order valence-corrected chi connectivity index (χ4v) is 2.11. The predicted molar refractivity (Wildman–Crippen MR) is 75.1 cm³/mol. The summed E-state index contributed by atoms with van der Waals surface area (Å²) in [4.78, 5) is 20.5. The highest BCUT2D eigenvalue weighted by atomic mass is 79.9. The van der Waals surface area contributed by atoms with Crippen LogP contribution < -0.4 is 5.32 Å². The van der Waals surface area contributed by atoms with E-state index in [9.17, 15) is 4.79 Å². The molecule has 18 heavy (non-hydrogen) atoms.